The minimum atomic E-state index is -0.455. The fourth-order valence-corrected chi connectivity index (χ4v) is 3.13. The van der Waals surface area contributed by atoms with Crippen LogP contribution in [0.2, 0.25) is 0 Å². The number of para-hydroxylation sites is 1. The monoisotopic (exact) mass is 378 g/mol. The summed E-state index contributed by atoms with van der Waals surface area (Å²) in [5.74, 6) is 0.794. The van der Waals surface area contributed by atoms with Gasteiger partial charge in [0.25, 0.3) is 0 Å². The van der Waals surface area contributed by atoms with Gasteiger partial charge in [-0.2, -0.15) is 0 Å². The number of nitrogens with one attached hydrogen (secondary N) is 2. The number of amides is 1. The van der Waals surface area contributed by atoms with Gasteiger partial charge in [0.2, 0.25) is 0 Å². The van der Waals surface area contributed by atoms with Gasteiger partial charge < -0.3 is 24.3 Å². The molecule has 3 rings (SSSR count). The van der Waals surface area contributed by atoms with E-state index >= 15 is 0 Å². The Morgan fingerprint density at radius 2 is 1.92 bits per heavy atom. The third kappa shape index (κ3) is 4.76. The summed E-state index contributed by atoms with van der Waals surface area (Å²) < 4.78 is 11.9. The average molecular weight is 378 g/mol. The van der Waals surface area contributed by atoms with Crippen LogP contribution in [0.1, 0.15) is 20.8 Å². The fraction of sp³-hybridized carbons (Fsp3) is 0.556. The first kappa shape index (κ1) is 18.7. The lowest BCUT2D eigenvalue weighted by Crippen LogP contribution is -2.50. The molecule has 7 nitrogen and oxygen atoms in total. The maximum absolute atomic E-state index is 12.1. The number of imidazole rings is 1. The van der Waals surface area contributed by atoms with Crippen LogP contribution in [0.25, 0.3) is 11.0 Å². The Morgan fingerprint density at radius 1 is 1.19 bits per heavy atom. The second kappa shape index (κ2) is 7.67. The van der Waals surface area contributed by atoms with Crippen LogP contribution in [0, 0.1) is 4.77 Å². The SMILES string of the molecule is CC(C)(C)OC(=O)N1CCN(CCOc2cccc3[nH]c(=S)[nH]c23)CC1. The number of carbonyl (C=O) groups is 1. The van der Waals surface area contributed by atoms with Crippen LogP contribution in [-0.2, 0) is 4.74 Å². The first-order valence-electron chi connectivity index (χ1n) is 8.86. The van der Waals surface area contributed by atoms with Crippen LogP contribution >= 0.6 is 12.2 Å². The van der Waals surface area contributed by atoms with Crippen LogP contribution in [0.15, 0.2) is 18.2 Å². The largest absolute Gasteiger partial charge is 0.490 e. The van der Waals surface area contributed by atoms with E-state index in [-0.39, 0.29) is 6.09 Å². The molecule has 0 aliphatic carbocycles. The minimum Gasteiger partial charge on any atom is -0.490 e. The van der Waals surface area contributed by atoms with Crippen LogP contribution < -0.4 is 4.74 Å². The molecule has 142 valence electrons. The highest BCUT2D eigenvalue weighted by Crippen LogP contribution is 2.22. The van der Waals surface area contributed by atoms with Crippen molar-refractivity contribution in [1.82, 2.24) is 19.8 Å². The highest BCUT2D eigenvalue weighted by Gasteiger charge is 2.25. The number of aromatic amines is 2. The quantitative estimate of drug-likeness (QED) is 0.800. The summed E-state index contributed by atoms with van der Waals surface area (Å²) >= 11 is 5.14. The Morgan fingerprint density at radius 3 is 2.62 bits per heavy atom. The summed E-state index contributed by atoms with van der Waals surface area (Å²) in [5.41, 5.74) is 1.38. The zero-order valence-corrected chi connectivity index (χ0v) is 16.3. The number of fused-ring (bicyclic) bond motifs is 1. The number of H-pyrrole nitrogens is 2. The smallest absolute Gasteiger partial charge is 0.410 e. The third-order valence-electron chi connectivity index (χ3n) is 4.20. The van der Waals surface area contributed by atoms with E-state index in [4.69, 9.17) is 21.7 Å². The van der Waals surface area contributed by atoms with E-state index in [0.717, 1.165) is 36.4 Å². The fourth-order valence-electron chi connectivity index (χ4n) is 2.92. The molecule has 0 spiro atoms. The van der Waals surface area contributed by atoms with Crippen molar-refractivity contribution >= 4 is 29.3 Å². The Hall–Kier alpha value is -2.06. The van der Waals surface area contributed by atoms with Crippen molar-refractivity contribution in [3.63, 3.8) is 0 Å². The lowest BCUT2D eigenvalue weighted by Gasteiger charge is -2.35. The molecule has 1 aliphatic heterocycles. The summed E-state index contributed by atoms with van der Waals surface area (Å²) in [6, 6.07) is 5.84. The molecule has 0 bridgehead atoms. The van der Waals surface area contributed by atoms with Crippen molar-refractivity contribution in [2.24, 2.45) is 0 Å². The Kier molecular flexibility index (Phi) is 5.52. The van der Waals surface area contributed by atoms with E-state index in [0.29, 0.717) is 24.5 Å². The number of piperazine rings is 1. The molecule has 1 amide bonds. The summed E-state index contributed by atoms with van der Waals surface area (Å²) in [4.78, 5) is 22.4. The van der Waals surface area contributed by atoms with Crippen LogP contribution in [-0.4, -0.2) is 70.8 Å². The van der Waals surface area contributed by atoms with Crippen molar-refractivity contribution in [2.45, 2.75) is 26.4 Å². The maximum Gasteiger partial charge on any atom is 0.410 e. The predicted molar refractivity (Wildman–Crippen MR) is 103 cm³/mol. The normalized spacial score (nSPS) is 16.0. The molecule has 1 fully saturated rings. The molecular formula is C18H26N4O3S. The van der Waals surface area contributed by atoms with Gasteiger partial charge >= 0.3 is 6.09 Å². The van der Waals surface area contributed by atoms with E-state index in [2.05, 4.69) is 14.9 Å². The summed E-state index contributed by atoms with van der Waals surface area (Å²) in [7, 11) is 0. The molecule has 8 heteroatoms. The second-order valence-electron chi connectivity index (χ2n) is 7.42. The Balaban J connectivity index is 1.45. The molecule has 1 aromatic heterocycles. The van der Waals surface area contributed by atoms with E-state index in [9.17, 15) is 4.79 Å². The van der Waals surface area contributed by atoms with Crippen LogP contribution in [0.3, 0.4) is 0 Å². The molecule has 1 aromatic carbocycles. The van der Waals surface area contributed by atoms with Gasteiger partial charge in [0.15, 0.2) is 4.77 Å². The average Bonchev–Trinajstić information content (AvgIpc) is 2.95. The van der Waals surface area contributed by atoms with E-state index in [1.54, 1.807) is 4.90 Å². The van der Waals surface area contributed by atoms with Crippen LogP contribution in [0.5, 0.6) is 5.75 Å². The van der Waals surface area contributed by atoms with Gasteiger partial charge in [0, 0.05) is 32.7 Å². The number of ether oxygens (including phenoxy) is 2. The molecule has 1 saturated heterocycles. The molecule has 0 radical (unpaired) electrons. The first-order chi connectivity index (χ1) is 12.3. The topological polar surface area (TPSA) is 73.6 Å². The van der Waals surface area contributed by atoms with Crippen molar-refractivity contribution in [3.05, 3.63) is 23.0 Å². The highest BCUT2D eigenvalue weighted by molar-refractivity contribution is 7.71. The van der Waals surface area contributed by atoms with Gasteiger partial charge in [0.1, 0.15) is 23.5 Å². The molecule has 26 heavy (non-hydrogen) atoms. The minimum absolute atomic E-state index is 0.234. The third-order valence-corrected chi connectivity index (χ3v) is 4.41. The van der Waals surface area contributed by atoms with Gasteiger partial charge in [-0.15, -0.1) is 0 Å². The van der Waals surface area contributed by atoms with Gasteiger partial charge in [0.05, 0.1) is 5.52 Å². The maximum atomic E-state index is 12.1. The molecule has 1 aliphatic rings. The van der Waals surface area contributed by atoms with E-state index in [1.165, 1.54) is 0 Å². The number of aromatic nitrogens is 2. The number of benzene rings is 1. The number of hydrogen-bond donors (Lipinski definition) is 2. The van der Waals surface area contributed by atoms with Crippen molar-refractivity contribution in [1.29, 1.82) is 0 Å². The predicted octanol–water partition coefficient (Wildman–Crippen LogP) is 3.16. The lowest BCUT2D eigenvalue weighted by molar-refractivity contribution is 0.0137. The summed E-state index contributed by atoms with van der Waals surface area (Å²) in [6.45, 7) is 10.0. The summed E-state index contributed by atoms with van der Waals surface area (Å²) in [5, 5.41) is 0. The lowest BCUT2D eigenvalue weighted by atomic mass is 10.2. The highest BCUT2D eigenvalue weighted by atomic mass is 32.1. The summed E-state index contributed by atoms with van der Waals surface area (Å²) in [6.07, 6.45) is -0.234. The number of rotatable bonds is 4. The molecule has 2 N–H and O–H groups in total. The first-order valence-corrected chi connectivity index (χ1v) is 9.27. The van der Waals surface area contributed by atoms with Gasteiger partial charge in [-0.3, -0.25) is 4.90 Å². The molecule has 2 aromatic rings. The molecule has 0 atom stereocenters. The van der Waals surface area contributed by atoms with Gasteiger partial charge in [-0.1, -0.05) is 6.07 Å². The number of nitrogens with zero attached hydrogens (tertiary/aromatic N) is 2. The van der Waals surface area contributed by atoms with Crippen LogP contribution in [0.4, 0.5) is 4.79 Å². The molecular weight excluding hydrogens is 352 g/mol. The van der Waals surface area contributed by atoms with E-state index < -0.39 is 5.60 Å². The Labute approximate surface area is 158 Å². The Bertz CT molecular complexity index is 816. The zero-order valence-electron chi connectivity index (χ0n) is 15.5. The number of hydrogen-bond acceptors (Lipinski definition) is 5. The van der Waals surface area contributed by atoms with Gasteiger partial charge in [-0.05, 0) is 45.1 Å². The molecule has 2 heterocycles. The second-order valence-corrected chi connectivity index (χ2v) is 7.82. The van der Waals surface area contributed by atoms with Crippen molar-refractivity contribution < 1.29 is 14.3 Å². The van der Waals surface area contributed by atoms with Crippen molar-refractivity contribution in [3.8, 4) is 5.75 Å². The standard InChI is InChI=1S/C18H26N4O3S/c1-18(2,3)25-17(23)22-9-7-21(8-10-22)11-12-24-14-6-4-5-13-15(14)20-16(26)19-13/h4-6H,7-12H2,1-3H3,(H2,19,20,26). The molecule has 0 saturated carbocycles. The number of carbonyl (C=O) groups excluding carboxylic acids is 1. The van der Waals surface area contributed by atoms with E-state index in [1.807, 2.05) is 39.0 Å². The van der Waals surface area contributed by atoms with Crippen molar-refractivity contribution in [2.75, 3.05) is 39.3 Å². The zero-order chi connectivity index (χ0) is 18.7. The molecule has 0 unspecified atom stereocenters. The van der Waals surface area contributed by atoms with Gasteiger partial charge in [-0.25, -0.2) is 4.79 Å².